The maximum absolute atomic E-state index is 13.1. The largest absolute Gasteiger partial charge is 0.478 e. The molecule has 1 saturated carbocycles. The zero-order valence-electron chi connectivity index (χ0n) is 16.6. The predicted molar refractivity (Wildman–Crippen MR) is 111 cm³/mol. The van der Waals surface area contributed by atoms with Crippen LogP contribution in [0.25, 0.3) is 11.1 Å². The number of nitrogens with one attached hydrogen (secondary N) is 1. The maximum atomic E-state index is 13.1. The highest BCUT2D eigenvalue weighted by atomic mass is 16.4. The molecule has 3 rings (SSSR count). The van der Waals surface area contributed by atoms with Crippen LogP contribution < -0.4 is 5.32 Å². The Balaban J connectivity index is 1.75. The lowest BCUT2D eigenvalue weighted by atomic mass is 10.0. The van der Waals surface area contributed by atoms with Gasteiger partial charge >= 0.3 is 5.97 Å². The third-order valence-corrected chi connectivity index (χ3v) is 5.69. The summed E-state index contributed by atoms with van der Waals surface area (Å²) < 4.78 is 0. The molecule has 2 aromatic carbocycles. The zero-order valence-corrected chi connectivity index (χ0v) is 16.6. The lowest BCUT2D eigenvalue weighted by Gasteiger charge is -2.40. The number of carboxylic acids is 1. The Morgan fingerprint density at radius 3 is 2.00 bits per heavy atom. The van der Waals surface area contributed by atoms with Gasteiger partial charge in [-0.25, -0.2) is 4.79 Å². The van der Waals surface area contributed by atoms with Crippen LogP contribution in [0.3, 0.4) is 0 Å². The maximum Gasteiger partial charge on any atom is 0.335 e. The third kappa shape index (κ3) is 4.54. The predicted octanol–water partition coefficient (Wildman–Crippen LogP) is 3.57. The van der Waals surface area contributed by atoms with Gasteiger partial charge in [-0.2, -0.15) is 0 Å². The highest BCUT2D eigenvalue weighted by molar-refractivity contribution is 5.95. The Kier molecular flexibility index (Phi) is 6.44. The van der Waals surface area contributed by atoms with E-state index < -0.39 is 11.6 Å². The monoisotopic (exact) mass is 394 g/mol. The van der Waals surface area contributed by atoms with Crippen molar-refractivity contribution in [1.82, 2.24) is 10.2 Å². The van der Waals surface area contributed by atoms with Crippen molar-refractivity contribution in [3.63, 3.8) is 0 Å². The van der Waals surface area contributed by atoms with Crippen LogP contribution in [0, 0.1) is 0 Å². The highest BCUT2D eigenvalue weighted by Crippen LogP contribution is 2.33. The van der Waals surface area contributed by atoms with Crippen LogP contribution in [-0.4, -0.2) is 47.4 Å². The van der Waals surface area contributed by atoms with Crippen LogP contribution in [0.4, 0.5) is 0 Å². The number of rotatable bonds is 8. The molecular weight excluding hydrogens is 368 g/mol. The van der Waals surface area contributed by atoms with Crippen molar-refractivity contribution in [1.29, 1.82) is 0 Å². The number of aromatic carboxylic acids is 1. The number of benzene rings is 2. The second-order valence-corrected chi connectivity index (χ2v) is 7.44. The molecule has 0 saturated heterocycles. The van der Waals surface area contributed by atoms with E-state index in [1.807, 2.05) is 19.2 Å². The molecule has 1 amide bonds. The molecule has 2 N–H and O–H groups in total. The van der Waals surface area contributed by atoms with Gasteiger partial charge in [0.25, 0.3) is 5.91 Å². The minimum Gasteiger partial charge on any atom is -0.478 e. The topological polar surface area (TPSA) is 86.7 Å². The van der Waals surface area contributed by atoms with Crippen LogP contribution in [-0.2, 0) is 4.79 Å². The summed E-state index contributed by atoms with van der Waals surface area (Å²) in [5.74, 6) is -1.01. The molecule has 0 radical (unpaired) electrons. The van der Waals surface area contributed by atoms with E-state index in [0.717, 1.165) is 43.1 Å². The number of amides is 1. The zero-order chi connectivity index (χ0) is 20.9. The van der Waals surface area contributed by atoms with Gasteiger partial charge < -0.3 is 14.8 Å². The number of carboxylic acid groups (broad SMARTS) is 1. The molecule has 1 aliphatic rings. The van der Waals surface area contributed by atoms with E-state index in [1.165, 1.54) is 0 Å². The SMILES string of the molecule is CN(C(=O)c1ccc(-c2ccc(C(=O)O)cc2)cc1)C1(NCCC=O)CCCC1. The summed E-state index contributed by atoms with van der Waals surface area (Å²) >= 11 is 0. The molecular formula is C23H26N2O4. The number of aldehydes is 1. The van der Waals surface area contributed by atoms with Crippen molar-refractivity contribution in [2.24, 2.45) is 0 Å². The summed E-state index contributed by atoms with van der Waals surface area (Å²) in [6, 6.07) is 14.0. The highest BCUT2D eigenvalue weighted by Gasteiger charge is 2.39. The first-order valence-electron chi connectivity index (χ1n) is 9.87. The first-order valence-corrected chi connectivity index (χ1v) is 9.87. The fraction of sp³-hybridized carbons (Fsp3) is 0.348. The Morgan fingerprint density at radius 1 is 1.00 bits per heavy atom. The van der Waals surface area contributed by atoms with Crippen molar-refractivity contribution in [2.75, 3.05) is 13.6 Å². The lowest BCUT2D eigenvalue weighted by Crippen LogP contribution is -2.57. The molecule has 29 heavy (non-hydrogen) atoms. The van der Waals surface area contributed by atoms with Gasteiger partial charge in [0.2, 0.25) is 0 Å². The molecule has 1 aliphatic carbocycles. The summed E-state index contributed by atoms with van der Waals surface area (Å²) in [4.78, 5) is 36.5. The first kappa shape index (κ1) is 20.7. The molecule has 6 heteroatoms. The van der Waals surface area contributed by atoms with Gasteiger partial charge in [-0.15, -0.1) is 0 Å². The second kappa shape index (κ2) is 9.01. The molecule has 0 heterocycles. The van der Waals surface area contributed by atoms with Gasteiger partial charge in [0.15, 0.2) is 0 Å². The summed E-state index contributed by atoms with van der Waals surface area (Å²) in [6.45, 7) is 0.562. The van der Waals surface area contributed by atoms with Crippen molar-refractivity contribution in [2.45, 2.75) is 37.8 Å². The minimum absolute atomic E-state index is 0.0571. The number of hydrogen-bond donors (Lipinski definition) is 2. The molecule has 0 bridgehead atoms. The first-order chi connectivity index (χ1) is 14.0. The fourth-order valence-corrected chi connectivity index (χ4v) is 3.95. The van der Waals surface area contributed by atoms with E-state index in [1.54, 1.807) is 41.3 Å². The fourth-order valence-electron chi connectivity index (χ4n) is 3.95. The third-order valence-electron chi connectivity index (χ3n) is 5.69. The molecule has 6 nitrogen and oxygen atoms in total. The van der Waals surface area contributed by atoms with Gasteiger partial charge in [-0.1, -0.05) is 24.3 Å². The molecule has 1 fully saturated rings. The number of carbonyl (C=O) groups is 3. The van der Waals surface area contributed by atoms with E-state index in [2.05, 4.69) is 5.32 Å². The average molecular weight is 394 g/mol. The van der Waals surface area contributed by atoms with Crippen LogP contribution in [0.1, 0.15) is 52.8 Å². The Hall–Kier alpha value is -2.99. The summed E-state index contributed by atoms with van der Waals surface area (Å²) in [7, 11) is 1.82. The van der Waals surface area contributed by atoms with Crippen LogP contribution in [0.5, 0.6) is 0 Å². The van der Waals surface area contributed by atoms with E-state index in [4.69, 9.17) is 5.11 Å². The van der Waals surface area contributed by atoms with Crippen molar-refractivity contribution in [3.8, 4) is 11.1 Å². The minimum atomic E-state index is -0.955. The van der Waals surface area contributed by atoms with Crippen molar-refractivity contribution < 1.29 is 19.5 Å². The molecule has 0 spiro atoms. The normalized spacial score (nSPS) is 15.1. The van der Waals surface area contributed by atoms with Gasteiger partial charge in [0.1, 0.15) is 6.29 Å². The van der Waals surface area contributed by atoms with Gasteiger partial charge in [0, 0.05) is 25.6 Å². The summed E-state index contributed by atoms with van der Waals surface area (Å²) in [5.41, 5.74) is 2.25. The lowest BCUT2D eigenvalue weighted by molar-refractivity contribution is -0.107. The van der Waals surface area contributed by atoms with Crippen molar-refractivity contribution >= 4 is 18.2 Å². The Morgan fingerprint density at radius 2 is 1.52 bits per heavy atom. The average Bonchev–Trinajstić information content (AvgIpc) is 3.23. The number of carbonyl (C=O) groups excluding carboxylic acids is 2. The van der Waals surface area contributed by atoms with Gasteiger partial charge in [-0.05, 0) is 61.1 Å². The van der Waals surface area contributed by atoms with Gasteiger partial charge in [-0.3, -0.25) is 10.1 Å². The number of nitrogens with zero attached hydrogens (tertiary/aromatic N) is 1. The molecule has 0 aromatic heterocycles. The summed E-state index contributed by atoms with van der Waals surface area (Å²) in [5, 5.41) is 12.4. The van der Waals surface area contributed by atoms with Crippen LogP contribution in [0.15, 0.2) is 48.5 Å². The van der Waals surface area contributed by atoms with E-state index in [-0.39, 0.29) is 11.5 Å². The molecule has 0 unspecified atom stereocenters. The number of hydrogen-bond acceptors (Lipinski definition) is 4. The second-order valence-electron chi connectivity index (χ2n) is 7.44. The Labute approximate surface area is 170 Å². The van der Waals surface area contributed by atoms with E-state index in [0.29, 0.717) is 18.5 Å². The van der Waals surface area contributed by atoms with E-state index >= 15 is 0 Å². The Bertz CT molecular complexity index is 869. The smallest absolute Gasteiger partial charge is 0.335 e. The van der Waals surface area contributed by atoms with Gasteiger partial charge in [0.05, 0.1) is 11.2 Å². The van der Waals surface area contributed by atoms with Crippen molar-refractivity contribution in [3.05, 3.63) is 59.7 Å². The molecule has 152 valence electrons. The molecule has 0 atom stereocenters. The standard InChI is InChI=1S/C23H26N2O4/c1-25(23(13-2-3-14-23)24-15-4-16-26)21(27)19-9-5-17(6-10-19)18-7-11-20(12-8-18)22(28)29/h5-12,16,24H,2-4,13-15H2,1H3,(H,28,29). The van der Waals surface area contributed by atoms with E-state index in [9.17, 15) is 14.4 Å². The quantitative estimate of drug-likeness (QED) is 0.406. The van der Waals surface area contributed by atoms with Crippen LogP contribution >= 0.6 is 0 Å². The summed E-state index contributed by atoms with van der Waals surface area (Å²) in [6.07, 6.45) is 5.18. The molecule has 0 aliphatic heterocycles. The molecule has 2 aromatic rings. The van der Waals surface area contributed by atoms with Crippen LogP contribution in [0.2, 0.25) is 0 Å².